The molecule has 3 aromatic rings. The van der Waals surface area contributed by atoms with Crippen molar-refractivity contribution in [3.8, 4) is 11.3 Å². The van der Waals surface area contributed by atoms with Crippen molar-refractivity contribution in [1.29, 1.82) is 0 Å². The van der Waals surface area contributed by atoms with Gasteiger partial charge in [0.15, 0.2) is 0 Å². The van der Waals surface area contributed by atoms with E-state index in [0.717, 1.165) is 49.5 Å². The summed E-state index contributed by atoms with van der Waals surface area (Å²) in [6, 6.07) is 15.1. The van der Waals surface area contributed by atoms with Crippen molar-refractivity contribution in [1.82, 2.24) is 4.90 Å². The Morgan fingerprint density at radius 3 is 2.52 bits per heavy atom. The molecule has 0 radical (unpaired) electrons. The molecule has 5 nitrogen and oxygen atoms in total. The van der Waals surface area contributed by atoms with Crippen LogP contribution in [0.3, 0.4) is 0 Å². The molecule has 1 aliphatic heterocycles. The number of hydrogen-bond donors (Lipinski definition) is 1. The van der Waals surface area contributed by atoms with Crippen LogP contribution in [0.15, 0.2) is 59.0 Å². The zero-order valence-electron chi connectivity index (χ0n) is 18.8. The topological polar surface area (TPSA) is 48.7 Å². The highest BCUT2D eigenvalue weighted by Gasteiger charge is 2.18. The molecule has 1 amide bonds. The largest absolute Gasteiger partial charge is 0.457 e. The Hall–Kier alpha value is -2.73. The Bertz CT molecular complexity index is 1160. The number of carbonyl (C=O) groups excluding carboxylic acids is 1. The molecule has 4 rings (SSSR count). The maximum atomic E-state index is 12.4. The van der Waals surface area contributed by atoms with Gasteiger partial charge in [-0.05, 0) is 61.5 Å². The van der Waals surface area contributed by atoms with Gasteiger partial charge in [0, 0.05) is 48.5 Å². The van der Waals surface area contributed by atoms with Crippen molar-refractivity contribution in [3.05, 3.63) is 76.0 Å². The van der Waals surface area contributed by atoms with Gasteiger partial charge in [-0.2, -0.15) is 0 Å². The Kier molecular flexibility index (Phi) is 7.43. The second kappa shape index (κ2) is 10.5. The van der Waals surface area contributed by atoms with Crippen LogP contribution in [0, 0.1) is 6.92 Å². The molecule has 7 heteroatoms. The van der Waals surface area contributed by atoms with Crippen LogP contribution in [-0.2, 0) is 4.79 Å². The number of anilines is 2. The number of carbonyl (C=O) groups is 1. The van der Waals surface area contributed by atoms with E-state index in [2.05, 4.69) is 22.0 Å². The number of rotatable bonds is 6. The van der Waals surface area contributed by atoms with Crippen molar-refractivity contribution in [3.63, 3.8) is 0 Å². The average Bonchev–Trinajstić information content (AvgIpc) is 3.29. The second-order valence-electron chi connectivity index (χ2n) is 8.08. The van der Waals surface area contributed by atoms with Gasteiger partial charge in [0.2, 0.25) is 5.91 Å². The fourth-order valence-corrected chi connectivity index (χ4v) is 4.31. The Morgan fingerprint density at radius 2 is 1.82 bits per heavy atom. The summed E-state index contributed by atoms with van der Waals surface area (Å²) in [5.41, 5.74) is 3.55. The van der Waals surface area contributed by atoms with E-state index in [1.165, 1.54) is 6.08 Å². The number of aryl methyl sites for hydroxylation is 1. The summed E-state index contributed by atoms with van der Waals surface area (Å²) in [5, 5.41) is 4.18. The van der Waals surface area contributed by atoms with E-state index in [1.807, 2.05) is 49.4 Å². The molecule has 172 valence electrons. The summed E-state index contributed by atoms with van der Waals surface area (Å²) in [6.07, 6.45) is 3.08. The highest BCUT2D eigenvalue weighted by molar-refractivity contribution is 6.33. The van der Waals surface area contributed by atoms with E-state index >= 15 is 0 Å². The first-order chi connectivity index (χ1) is 15.9. The maximum absolute atomic E-state index is 12.4. The van der Waals surface area contributed by atoms with Gasteiger partial charge in [0.05, 0.1) is 10.7 Å². The van der Waals surface area contributed by atoms with Crippen LogP contribution in [0.2, 0.25) is 10.0 Å². The number of likely N-dealkylation sites (N-methyl/N-ethyl adjacent to an activating group) is 1. The van der Waals surface area contributed by atoms with Crippen LogP contribution in [0.25, 0.3) is 17.4 Å². The third kappa shape index (κ3) is 5.80. The normalized spacial score (nSPS) is 14.7. The molecule has 2 heterocycles. The molecule has 0 spiro atoms. The molecule has 0 saturated carbocycles. The molecule has 1 N–H and O–H groups in total. The molecular formula is C26H27Cl2N3O2. The first kappa shape index (κ1) is 23.4. The van der Waals surface area contributed by atoms with Gasteiger partial charge >= 0.3 is 0 Å². The Balaban J connectivity index is 1.36. The van der Waals surface area contributed by atoms with Crippen LogP contribution in [0.4, 0.5) is 11.4 Å². The number of nitrogens with zero attached hydrogens (tertiary/aromatic N) is 2. The van der Waals surface area contributed by atoms with Crippen LogP contribution >= 0.6 is 23.2 Å². The quantitative estimate of drug-likeness (QED) is 0.414. The molecule has 0 bridgehead atoms. The number of amides is 1. The number of hydrogen-bond acceptors (Lipinski definition) is 4. The molecular weight excluding hydrogens is 457 g/mol. The van der Waals surface area contributed by atoms with Crippen molar-refractivity contribution >= 4 is 46.6 Å². The fourth-order valence-electron chi connectivity index (χ4n) is 3.83. The monoisotopic (exact) mass is 483 g/mol. The van der Waals surface area contributed by atoms with Crippen LogP contribution in [0.5, 0.6) is 0 Å². The highest BCUT2D eigenvalue weighted by Crippen LogP contribution is 2.30. The average molecular weight is 484 g/mol. The highest BCUT2D eigenvalue weighted by atomic mass is 35.5. The molecule has 2 aromatic carbocycles. The molecule has 1 aromatic heterocycles. The predicted molar refractivity (Wildman–Crippen MR) is 137 cm³/mol. The molecule has 0 unspecified atom stereocenters. The zero-order chi connectivity index (χ0) is 23.4. The number of nitrogens with one attached hydrogen (secondary N) is 1. The van der Waals surface area contributed by atoms with Gasteiger partial charge < -0.3 is 19.5 Å². The summed E-state index contributed by atoms with van der Waals surface area (Å²) in [6.45, 7) is 9.15. The lowest BCUT2D eigenvalue weighted by atomic mass is 10.1. The van der Waals surface area contributed by atoms with E-state index in [0.29, 0.717) is 27.3 Å². The van der Waals surface area contributed by atoms with E-state index in [9.17, 15) is 4.79 Å². The molecule has 0 atom stereocenters. The number of piperazine rings is 1. The van der Waals surface area contributed by atoms with Gasteiger partial charge in [0.25, 0.3) is 0 Å². The summed E-state index contributed by atoms with van der Waals surface area (Å²) in [5.74, 6) is 1.02. The van der Waals surface area contributed by atoms with Gasteiger partial charge in [-0.1, -0.05) is 42.3 Å². The first-order valence-electron chi connectivity index (χ1n) is 11.0. The van der Waals surface area contributed by atoms with Crippen molar-refractivity contribution in [2.45, 2.75) is 13.8 Å². The van der Waals surface area contributed by atoms with E-state index in [1.54, 1.807) is 12.1 Å². The molecule has 1 fully saturated rings. The molecule has 1 saturated heterocycles. The predicted octanol–water partition coefficient (Wildman–Crippen LogP) is 6.36. The maximum Gasteiger partial charge on any atom is 0.248 e. The summed E-state index contributed by atoms with van der Waals surface area (Å²) < 4.78 is 5.83. The number of halogens is 2. The van der Waals surface area contributed by atoms with E-state index in [4.69, 9.17) is 27.6 Å². The number of benzene rings is 2. The Morgan fingerprint density at radius 1 is 1.03 bits per heavy atom. The molecule has 0 aliphatic carbocycles. The minimum absolute atomic E-state index is 0.258. The fraction of sp³-hybridized carbons (Fsp3) is 0.269. The van der Waals surface area contributed by atoms with Crippen molar-refractivity contribution in [2.24, 2.45) is 0 Å². The molecule has 1 aliphatic rings. The smallest absolute Gasteiger partial charge is 0.248 e. The first-order valence-corrected chi connectivity index (χ1v) is 11.8. The van der Waals surface area contributed by atoms with E-state index in [-0.39, 0.29) is 5.91 Å². The van der Waals surface area contributed by atoms with Crippen LogP contribution in [-0.4, -0.2) is 43.5 Å². The minimum atomic E-state index is -0.258. The van der Waals surface area contributed by atoms with Crippen molar-refractivity contribution < 1.29 is 9.21 Å². The molecule has 33 heavy (non-hydrogen) atoms. The zero-order valence-corrected chi connectivity index (χ0v) is 20.3. The van der Waals surface area contributed by atoms with Crippen LogP contribution < -0.4 is 10.2 Å². The second-order valence-corrected chi connectivity index (χ2v) is 8.89. The lowest BCUT2D eigenvalue weighted by Crippen LogP contribution is -2.46. The van der Waals surface area contributed by atoms with Gasteiger partial charge in [0.1, 0.15) is 11.5 Å². The number of furan rings is 1. The summed E-state index contributed by atoms with van der Waals surface area (Å²) in [4.78, 5) is 17.1. The van der Waals surface area contributed by atoms with E-state index < -0.39 is 0 Å². The third-order valence-corrected chi connectivity index (χ3v) is 6.57. The van der Waals surface area contributed by atoms with Gasteiger partial charge in [-0.15, -0.1) is 0 Å². The third-order valence-electron chi connectivity index (χ3n) is 5.86. The van der Waals surface area contributed by atoms with Gasteiger partial charge in [-0.25, -0.2) is 0 Å². The summed E-state index contributed by atoms with van der Waals surface area (Å²) >= 11 is 12.7. The summed E-state index contributed by atoms with van der Waals surface area (Å²) in [7, 11) is 0. The lowest BCUT2D eigenvalue weighted by Gasteiger charge is -2.36. The van der Waals surface area contributed by atoms with Crippen LogP contribution in [0.1, 0.15) is 18.2 Å². The van der Waals surface area contributed by atoms with Crippen molar-refractivity contribution in [2.75, 3.05) is 42.9 Å². The SMILES string of the molecule is CCN1CCN(c2ccc(NC(=O)C=Cc3ccc(-c4ccc(C)c(Cl)c4)o3)cc2Cl)CC1. The van der Waals surface area contributed by atoms with Gasteiger partial charge in [-0.3, -0.25) is 4.79 Å². The Labute approximate surface area is 204 Å². The standard InChI is InChI=1S/C26H27Cl2N3O2/c1-3-30-12-14-31(15-13-30)24-9-6-20(17-23(24)28)29-26(32)11-8-21-7-10-25(33-21)19-5-4-18(2)22(27)16-19/h4-11,16-17H,3,12-15H2,1-2H3,(H,29,32). The minimum Gasteiger partial charge on any atom is -0.457 e. The lowest BCUT2D eigenvalue weighted by molar-refractivity contribution is -0.111.